The van der Waals surface area contributed by atoms with Crippen molar-refractivity contribution in [3.63, 3.8) is 0 Å². The van der Waals surface area contributed by atoms with E-state index in [4.69, 9.17) is 10.7 Å². The van der Waals surface area contributed by atoms with Crippen LogP contribution in [-0.4, -0.2) is 35.9 Å². The van der Waals surface area contributed by atoms with Crippen LogP contribution < -0.4 is 11.1 Å². The lowest BCUT2D eigenvalue weighted by atomic mass is 10.0. The molecule has 5 rings (SSSR count). The second kappa shape index (κ2) is 5.98. The van der Waals surface area contributed by atoms with E-state index in [1.54, 1.807) is 12.4 Å². The molecule has 1 saturated carbocycles. The van der Waals surface area contributed by atoms with Crippen molar-refractivity contribution in [3.8, 4) is 0 Å². The number of anilines is 2. The van der Waals surface area contributed by atoms with Gasteiger partial charge in [0.1, 0.15) is 17.5 Å². The molecule has 0 radical (unpaired) electrons. The highest BCUT2D eigenvalue weighted by Crippen LogP contribution is 2.38. The lowest BCUT2D eigenvalue weighted by Gasteiger charge is -2.13. The Kier molecular flexibility index (Phi) is 3.48. The van der Waals surface area contributed by atoms with E-state index in [2.05, 4.69) is 35.7 Å². The highest BCUT2D eigenvalue weighted by atomic mass is 15.1. The Hall–Kier alpha value is -3.16. The molecule has 0 saturated heterocycles. The number of H-pyrrole nitrogens is 1. The summed E-state index contributed by atoms with van der Waals surface area (Å²) < 4.78 is 2.24. The Morgan fingerprint density at radius 3 is 2.92 bits per heavy atom. The van der Waals surface area contributed by atoms with Crippen molar-refractivity contribution in [2.75, 3.05) is 17.6 Å². The number of nitrogens with two attached hydrogens (primary N) is 1. The van der Waals surface area contributed by atoms with Crippen molar-refractivity contribution >= 4 is 28.3 Å². The molecule has 26 heavy (non-hydrogen) atoms. The molecule has 132 valence electrons. The summed E-state index contributed by atoms with van der Waals surface area (Å²) in [6.45, 7) is 0.888. The van der Waals surface area contributed by atoms with E-state index >= 15 is 0 Å². The molecule has 0 spiro atoms. The highest BCUT2D eigenvalue weighted by Gasteiger charge is 2.29. The lowest BCUT2D eigenvalue weighted by molar-refractivity contribution is 0.559. The van der Waals surface area contributed by atoms with Crippen molar-refractivity contribution in [3.05, 3.63) is 42.9 Å². The van der Waals surface area contributed by atoms with Crippen molar-refractivity contribution in [1.82, 2.24) is 29.3 Å². The van der Waals surface area contributed by atoms with Gasteiger partial charge in [0.15, 0.2) is 5.65 Å². The number of fused-ring (bicyclic) bond motifs is 3. The fourth-order valence-corrected chi connectivity index (χ4v) is 3.96. The predicted molar refractivity (Wildman–Crippen MR) is 99.9 cm³/mol. The Balaban J connectivity index is 1.33. The topological polar surface area (TPSA) is 110 Å². The van der Waals surface area contributed by atoms with Gasteiger partial charge in [0.05, 0.1) is 35.8 Å². The second-order valence-electron chi connectivity index (χ2n) is 6.93. The predicted octanol–water partition coefficient (Wildman–Crippen LogP) is 2.58. The van der Waals surface area contributed by atoms with Crippen LogP contribution >= 0.6 is 0 Å². The molecule has 1 aliphatic carbocycles. The van der Waals surface area contributed by atoms with Gasteiger partial charge < -0.3 is 16.0 Å². The van der Waals surface area contributed by atoms with Gasteiger partial charge >= 0.3 is 0 Å². The van der Waals surface area contributed by atoms with Crippen molar-refractivity contribution in [1.29, 1.82) is 0 Å². The summed E-state index contributed by atoms with van der Waals surface area (Å²) in [4.78, 5) is 20.7. The molecule has 0 aromatic carbocycles. The maximum atomic E-state index is 5.58. The van der Waals surface area contributed by atoms with E-state index in [9.17, 15) is 0 Å². The lowest BCUT2D eigenvalue weighted by Crippen LogP contribution is -2.13. The minimum absolute atomic E-state index is 0.438. The molecule has 4 N–H and O–H groups in total. The van der Waals surface area contributed by atoms with Crippen LogP contribution in [0, 0.1) is 5.92 Å². The van der Waals surface area contributed by atoms with Crippen LogP contribution in [0.2, 0.25) is 0 Å². The van der Waals surface area contributed by atoms with Gasteiger partial charge in [0, 0.05) is 18.7 Å². The van der Waals surface area contributed by atoms with Crippen LogP contribution in [0.4, 0.5) is 11.6 Å². The summed E-state index contributed by atoms with van der Waals surface area (Å²) >= 11 is 0. The van der Waals surface area contributed by atoms with E-state index in [0.717, 1.165) is 47.7 Å². The van der Waals surface area contributed by atoms with Gasteiger partial charge in [-0.3, -0.25) is 4.40 Å². The highest BCUT2D eigenvalue weighted by molar-refractivity contribution is 5.75. The van der Waals surface area contributed by atoms with Gasteiger partial charge in [-0.25, -0.2) is 19.9 Å². The maximum Gasteiger partial charge on any atom is 0.154 e. The van der Waals surface area contributed by atoms with Gasteiger partial charge in [-0.2, -0.15) is 0 Å². The first kappa shape index (κ1) is 15.1. The molecular formula is C18H20N8. The zero-order valence-corrected chi connectivity index (χ0v) is 14.3. The molecule has 0 aliphatic heterocycles. The fraction of sp³-hybridized carbons (Fsp3) is 0.333. The first-order valence-corrected chi connectivity index (χ1v) is 8.89. The van der Waals surface area contributed by atoms with Gasteiger partial charge in [-0.1, -0.05) is 0 Å². The normalized spacial score (nSPS) is 20.2. The number of nitrogens with one attached hydrogen (secondary N) is 2. The third kappa shape index (κ3) is 2.54. The van der Waals surface area contributed by atoms with E-state index in [1.807, 2.05) is 18.6 Å². The molecule has 2 atom stereocenters. The Morgan fingerprint density at radius 1 is 1.12 bits per heavy atom. The van der Waals surface area contributed by atoms with Gasteiger partial charge in [-0.15, -0.1) is 0 Å². The third-order valence-electron chi connectivity index (χ3n) is 5.24. The van der Waals surface area contributed by atoms with Gasteiger partial charge in [0.2, 0.25) is 0 Å². The minimum atomic E-state index is 0.438. The van der Waals surface area contributed by atoms with Crippen LogP contribution in [0.1, 0.15) is 31.0 Å². The number of rotatable bonds is 4. The summed E-state index contributed by atoms with van der Waals surface area (Å²) in [5, 5.41) is 3.37. The van der Waals surface area contributed by atoms with Gasteiger partial charge in [-0.05, 0) is 31.2 Å². The van der Waals surface area contributed by atoms with E-state index in [-0.39, 0.29) is 0 Å². The molecule has 4 heterocycles. The first-order chi connectivity index (χ1) is 12.8. The number of hydrogen-bond acceptors (Lipinski definition) is 6. The van der Waals surface area contributed by atoms with Crippen LogP contribution in [0.5, 0.6) is 0 Å². The number of nitrogens with zero attached hydrogens (tertiary/aromatic N) is 5. The molecule has 0 amide bonds. The molecule has 0 unspecified atom stereocenters. The molecule has 8 heteroatoms. The number of hydrogen-bond donors (Lipinski definition) is 3. The maximum absolute atomic E-state index is 5.58. The van der Waals surface area contributed by atoms with Crippen molar-refractivity contribution in [2.24, 2.45) is 5.92 Å². The number of imidazole rings is 1. The summed E-state index contributed by atoms with van der Waals surface area (Å²) in [5.74, 6) is 3.40. The first-order valence-electron chi connectivity index (χ1n) is 8.89. The van der Waals surface area contributed by atoms with Crippen molar-refractivity contribution < 1.29 is 0 Å². The number of nitrogen functional groups attached to an aromatic ring is 1. The van der Waals surface area contributed by atoms with Crippen LogP contribution in [0.3, 0.4) is 0 Å². The zero-order chi connectivity index (χ0) is 17.5. The number of aromatic amines is 1. The monoisotopic (exact) mass is 348 g/mol. The molecule has 4 aromatic rings. The average molecular weight is 348 g/mol. The molecule has 8 nitrogen and oxygen atoms in total. The summed E-state index contributed by atoms with van der Waals surface area (Å²) in [6.07, 6.45) is 12.4. The zero-order valence-electron chi connectivity index (χ0n) is 14.3. The van der Waals surface area contributed by atoms with Crippen LogP contribution in [0.25, 0.3) is 16.7 Å². The summed E-state index contributed by atoms with van der Waals surface area (Å²) in [6, 6.07) is 2.06. The fourth-order valence-electron chi connectivity index (χ4n) is 3.96. The van der Waals surface area contributed by atoms with E-state index < -0.39 is 0 Å². The summed E-state index contributed by atoms with van der Waals surface area (Å²) in [7, 11) is 0. The molecule has 0 bridgehead atoms. The second-order valence-corrected chi connectivity index (χ2v) is 6.93. The molecule has 4 aromatic heterocycles. The quantitative estimate of drug-likeness (QED) is 0.523. The standard InChI is InChI=1S/C18H20N8/c19-15-9-23-16(10-21-15)22-6-11-1-2-12(5-11)18-25-8-13-7-24-17-14(26(13)18)3-4-20-17/h3-4,7-12,20H,1-2,5-6H2,(H2,19,21)(H,22,23)/t11-,12-/m0/s1. The molecular weight excluding hydrogens is 328 g/mol. The van der Waals surface area contributed by atoms with Crippen molar-refractivity contribution in [2.45, 2.75) is 25.2 Å². The summed E-state index contributed by atoms with van der Waals surface area (Å²) in [5.41, 5.74) is 8.61. The SMILES string of the molecule is Nc1cnc(NC[C@H]2CC[C@H](c3ncc4cnc5[nH]ccc5n34)C2)cn1. The molecule has 1 fully saturated rings. The van der Waals surface area contributed by atoms with E-state index in [0.29, 0.717) is 17.7 Å². The Bertz CT molecular complexity index is 1050. The van der Waals surface area contributed by atoms with Crippen LogP contribution in [0.15, 0.2) is 37.1 Å². The Labute approximate surface area is 149 Å². The number of aromatic nitrogens is 6. The van der Waals surface area contributed by atoms with Gasteiger partial charge in [0.25, 0.3) is 0 Å². The van der Waals surface area contributed by atoms with E-state index in [1.165, 1.54) is 6.42 Å². The average Bonchev–Trinajstić information content (AvgIpc) is 3.38. The molecule has 1 aliphatic rings. The minimum Gasteiger partial charge on any atom is -0.382 e. The largest absolute Gasteiger partial charge is 0.382 e. The van der Waals surface area contributed by atoms with Crippen LogP contribution in [-0.2, 0) is 0 Å². The smallest absolute Gasteiger partial charge is 0.154 e. The third-order valence-corrected chi connectivity index (χ3v) is 5.24. The Morgan fingerprint density at radius 2 is 2.04 bits per heavy atom.